The number of nitrogens with zero attached hydrogens (tertiary/aromatic N) is 1. The number of aryl methyl sites for hydroxylation is 1. The molecule has 0 unspecified atom stereocenters. The molecule has 0 saturated carbocycles. The molecule has 0 aliphatic carbocycles. The van der Waals surface area contributed by atoms with Crippen LogP contribution >= 0.6 is 0 Å². The summed E-state index contributed by atoms with van der Waals surface area (Å²) in [5.41, 5.74) is 2.34. The zero-order valence-corrected chi connectivity index (χ0v) is 10.8. The molecule has 1 aromatic carbocycles. The highest BCUT2D eigenvalue weighted by atomic mass is 16.5. The Labute approximate surface area is 110 Å². The lowest BCUT2D eigenvalue weighted by molar-refractivity contribution is 0.0303. The van der Waals surface area contributed by atoms with Gasteiger partial charge in [0.05, 0.1) is 18.8 Å². The van der Waals surface area contributed by atoms with Crippen LogP contribution in [-0.4, -0.2) is 47.2 Å². The van der Waals surface area contributed by atoms with E-state index in [1.807, 2.05) is 6.92 Å². The number of fused-ring (bicyclic) bond motifs is 1. The fourth-order valence-corrected chi connectivity index (χ4v) is 2.51. The average molecular weight is 260 g/mol. The van der Waals surface area contributed by atoms with Crippen LogP contribution in [0.15, 0.2) is 18.2 Å². The number of aromatic nitrogens is 1. The summed E-state index contributed by atoms with van der Waals surface area (Å²) >= 11 is 0. The number of rotatable bonds is 1. The topological polar surface area (TPSA) is 65.6 Å². The second-order valence-corrected chi connectivity index (χ2v) is 4.76. The number of morpholine rings is 1. The minimum atomic E-state index is -0.00218. The normalized spacial score (nSPS) is 15.9. The van der Waals surface area contributed by atoms with Crippen LogP contribution in [0.3, 0.4) is 0 Å². The summed E-state index contributed by atoms with van der Waals surface area (Å²) in [6.07, 6.45) is 0. The van der Waals surface area contributed by atoms with E-state index in [1.165, 1.54) is 0 Å². The van der Waals surface area contributed by atoms with Gasteiger partial charge in [-0.25, -0.2) is 0 Å². The number of nitrogens with one attached hydrogen (secondary N) is 1. The molecule has 1 saturated heterocycles. The van der Waals surface area contributed by atoms with Gasteiger partial charge in [-0.1, -0.05) is 0 Å². The van der Waals surface area contributed by atoms with Crippen LogP contribution in [0.5, 0.6) is 5.75 Å². The van der Waals surface area contributed by atoms with E-state index in [4.69, 9.17) is 4.74 Å². The van der Waals surface area contributed by atoms with E-state index in [0.29, 0.717) is 31.9 Å². The zero-order chi connectivity index (χ0) is 13.4. The Balaban J connectivity index is 2.05. The number of aromatic amines is 1. The lowest BCUT2D eigenvalue weighted by Gasteiger charge is -2.27. The summed E-state index contributed by atoms with van der Waals surface area (Å²) in [4.78, 5) is 17.6. The maximum Gasteiger partial charge on any atom is 0.256 e. The van der Waals surface area contributed by atoms with Gasteiger partial charge < -0.3 is 19.7 Å². The van der Waals surface area contributed by atoms with E-state index < -0.39 is 0 Å². The highest BCUT2D eigenvalue weighted by molar-refractivity contribution is 6.08. The second-order valence-electron chi connectivity index (χ2n) is 4.76. The second kappa shape index (κ2) is 4.59. The lowest BCUT2D eigenvalue weighted by atomic mass is 10.1. The summed E-state index contributed by atoms with van der Waals surface area (Å²) in [7, 11) is 0. The molecule has 1 fully saturated rings. The van der Waals surface area contributed by atoms with E-state index in [-0.39, 0.29) is 11.7 Å². The van der Waals surface area contributed by atoms with Gasteiger partial charge >= 0.3 is 0 Å². The van der Waals surface area contributed by atoms with Gasteiger partial charge in [-0.3, -0.25) is 4.79 Å². The number of phenols is 1. The number of amides is 1. The van der Waals surface area contributed by atoms with Gasteiger partial charge in [0.15, 0.2) is 0 Å². The zero-order valence-electron chi connectivity index (χ0n) is 10.8. The first-order valence-corrected chi connectivity index (χ1v) is 6.35. The average Bonchev–Trinajstić information content (AvgIpc) is 2.74. The van der Waals surface area contributed by atoms with Crippen molar-refractivity contribution in [3.8, 4) is 5.75 Å². The molecule has 3 rings (SSSR count). The fourth-order valence-electron chi connectivity index (χ4n) is 2.51. The number of carbonyl (C=O) groups excluding carboxylic acids is 1. The van der Waals surface area contributed by atoms with Gasteiger partial charge in [-0.2, -0.15) is 0 Å². The molecule has 2 heterocycles. The Morgan fingerprint density at radius 1 is 1.37 bits per heavy atom. The van der Waals surface area contributed by atoms with E-state index in [1.54, 1.807) is 23.1 Å². The molecule has 1 amide bonds. The summed E-state index contributed by atoms with van der Waals surface area (Å²) in [5.74, 6) is 0.167. The minimum Gasteiger partial charge on any atom is -0.508 e. The van der Waals surface area contributed by atoms with Gasteiger partial charge in [-0.05, 0) is 25.1 Å². The Morgan fingerprint density at radius 2 is 2.11 bits per heavy atom. The smallest absolute Gasteiger partial charge is 0.256 e. The molecule has 5 heteroatoms. The maximum atomic E-state index is 12.6. The van der Waals surface area contributed by atoms with Gasteiger partial charge in [-0.15, -0.1) is 0 Å². The van der Waals surface area contributed by atoms with E-state index >= 15 is 0 Å². The van der Waals surface area contributed by atoms with E-state index in [0.717, 1.165) is 16.6 Å². The molecule has 0 bridgehead atoms. The molecule has 2 aromatic rings. The SMILES string of the molecule is Cc1[nH]c2ccc(O)cc2c1C(=O)N1CCOCC1. The van der Waals surface area contributed by atoms with Crippen LogP contribution in [-0.2, 0) is 4.74 Å². The Kier molecular flexibility index (Phi) is 2.91. The number of phenolic OH excluding ortho intramolecular Hbond substituents is 1. The standard InChI is InChI=1S/C14H16N2O3/c1-9-13(14(18)16-4-6-19-7-5-16)11-8-10(17)2-3-12(11)15-9/h2-3,8,15,17H,4-7H2,1H3. The number of carbonyl (C=O) groups is 1. The summed E-state index contributed by atoms with van der Waals surface area (Å²) < 4.78 is 5.26. The number of hydrogen-bond donors (Lipinski definition) is 2. The molecule has 0 radical (unpaired) electrons. The van der Waals surface area contributed by atoms with Crippen molar-refractivity contribution in [1.82, 2.24) is 9.88 Å². The molecule has 2 N–H and O–H groups in total. The molecule has 5 nitrogen and oxygen atoms in total. The van der Waals surface area contributed by atoms with Crippen LogP contribution in [0.4, 0.5) is 0 Å². The van der Waals surface area contributed by atoms with Gasteiger partial charge in [0.1, 0.15) is 5.75 Å². The number of hydrogen-bond acceptors (Lipinski definition) is 3. The van der Waals surface area contributed by atoms with Crippen molar-refractivity contribution in [3.63, 3.8) is 0 Å². The first kappa shape index (κ1) is 12.0. The van der Waals surface area contributed by atoms with Crippen molar-refractivity contribution >= 4 is 16.8 Å². The van der Waals surface area contributed by atoms with Crippen molar-refractivity contribution in [2.75, 3.05) is 26.3 Å². The van der Waals surface area contributed by atoms with Crippen molar-refractivity contribution in [1.29, 1.82) is 0 Å². The monoisotopic (exact) mass is 260 g/mol. The maximum absolute atomic E-state index is 12.6. The summed E-state index contributed by atoms with van der Waals surface area (Å²) in [6.45, 7) is 4.27. The first-order valence-electron chi connectivity index (χ1n) is 6.35. The minimum absolute atomic E-state index is 0.00218. The molecule has 1 aliphatic heterocycles. The van der Waals surface area contributed by atoms with Crippen LogP contribution in [0.25, 0.3) is 10.9 Å². The van der Waals surface area contributed by atoms with Crippen molar-refractivity contribution in [2.24, 2.45) is 0 Å². The third kappa shape index (κ3) is 2.06. The lowest BCUT2D eigenvalue weighted by Crippen LogP contribution is -2.40. The third-order valence-electron chi connectivity index (χ3n) is 3.48. The van der Waals surface area contributed by atoms with Gasteiger partial charge in [0, 0.05) is 29.7 Å². The van der Waals surface area contributed by atoms with Crippen molar-refractivity contribution in [2.45, 2.75) is 6.92 Å². The number of ether oxygens (including phenoxy) is 1. The Morgan fingerprint density at radius 3 is 2.84 bits per heavy atom. The molecule has 0 atom stereocenters. The molecule has 0 spiro atoms. The first-order chi connectivity index (χ1) is 9.16. The van der Waals surface area contributed by atoms with E-state index in [9.17, 15) is 9.90 Å². The Bertz CT molecular complexity index is 627. The molecular formula is C14H16N2O3. The molecule has 100 valence electrons. The Hall–Kier alpha value is -2.01. The largest absolute Gasteiger partial charge is 0.508 e. The van der Waals surface area contributed by atoms with Crippen LogP contribution in [0.1, 0.15) is 16.1 Å². The fraction of sp³-hybridized carbons (Fsp3) is 0.357. The molecular weight excluding hydrogens is 244 g/mol. The predicted molar refractivity (Wildman–Crippen MR) is 71.4 cm³/mol. The number of aromatic hydroxyl groups is 1. The molecule has 1 aromatic heterocycles. The van der Waals surface area contributed by atoms with Gasteiger partial charge in [0.25, 0.3) is 5.91 Å². The van der Waals surface area contributed by atoms with Crippen LogP contribution in [0.2, 0.25) is 0 Å². The number of benzene rings is 1. The number of H-pyrrole nitrogens is 1. The predicted octanol–water partition coefficient (Wildman–Crippen LogP) is 1.65. The quantitative estimate of drug-likeness (QED) is 0.819. The van der Waals surface area contributed by atoms with Crippen molar-refractivity contribution < 1.29 is 14.6 Å². The molecule has 19 heavy (non-hydrogen) atoms. The van der Waals surface area contributed by atoms with E-state index in [2.05, 4.69) is 4.98 Å². The summed E-state index contributed by atoms with van der Waals surface area (Å²) in [5, 5.41) is 10.4. The third-order valence-corrected chi connectivity index (χ3v) is 3.48. The highest BCUT2D eigenvalue weighted by Gasteiger charge is 2.23. The van der Waals surface area contributed by atoms with Crippen LogP contribution < -0.4 is 0 Å². The van der Waals surface area contributed by atoms with Crippen LogP contribution in [0, 0.1) is 6.92 Å². The molecule has 1 aliphatic rings. The summed E-state index contributed by atoms with van der Waals surface area (Å²) in [6, 6.07) is 5.03. The highest BCUT2D eigenvalue weighted by Crippen LogP contribution is 2.27. The van der Waals surface area contributed by atoms with Crippen molar-refractivity contribution in [3.05, 3.63) is 29.5 Å². The van der Waals surface area contributed by atoms with Gasteiger partial charge in [0.2, 0.25) is 0 Å².